The fraction of sp³-hybridized carbons (Fsp3) is 0.636. The SMILES string of the molecule is CCCCc1c(O)cc(C2=CCCCC2)cc1B1OC(C)(C)C(C)(C)O1. The maximum absolute atomic E-state index is 10.8. The molecule has 1 saturated heterocycles. The molecule has 4 heteroatoms. The number of unbranched alkanes of at least 4 members (excludes halogenated alkanes) is 1. The van der Waals surface area contributed by atoms with Gasteiger partial charge in [-0.25, -0.2) is 0 Å². The fourth-order valence-corrected chi connectivity index (χ4v) is 3.77. The van der Waals surface area contributed by atoms with Crippen LogP contribution in [0, 0.1) is 0 Å². The monoisotopic (exact) mass is 356 g/mol. The minimum Gasteiger partial charge on any atom is -0.508 e. The zero-order chi connectivity index (χ0) is 18.9. The predicted octanol–water partition coefficient (Wildman–Crippen LogP) is 4.99. The molecule has 0 bridgehead atoms. The van der Waals surface area contributed by atoms with Crippen molar-refractivity contribution in [2.45, 2.75) is 90.8 Å². The van der Waals surface area contributed by atoms with Gasteiger partial charge in [-0.3, -0.25) is 0 Å². The Labute approximate surface area is 158 Å². The Bertz CT molecular complexity index is 675. The molecule has 3 rings (SSSR count). The van der Waals surface area contributed by atoms with E-state index >= 15 is 0 Å². The van der Waals surface area contributed by atoms with Crippen molar-refractivity contribution >= 4 is 18.2 Å². The zero-order valence-electron chi connectivity index (χ0n) is 17.0. The maximum Gasteiger partial charge on any atom is 0.495 e. The van der Waals surface area contributed by atoms with Crippen molar-refractivity contribution in [3.8, 4) is 5.75 Å². The lowest BCUT2D eigenvalue weighted by atomic mass is 9.73. The van der Waals surface area contributed by atoms with Gasteiger partial charge >= 0.3 is 7.12 Å². The van der Waals surface area contributed by atoms with Gasteiger partial charge in [0.15, 0.2) is 0 Å². The molecule has 1 aliphatic carbocycles. The molecular weight excluding hydrogens is 323 g/mol. The summed E-state index contributed by atoms with van der Waals surface area (Å²) < 4.78 is 12.6. The van der Waals surface area contributed by atoms with Crippen LogP contribution in [0.15, 0.2) is 18.2 Å². The van der Waals surface area contributed by atoms with Gasteiger partial charge in [-0.05, 0) is 94.4 Å². The van der Waals surface area contributed by atoms with Gasteiger partial charge in [0, 0.05) is 0 Å². The van der Waals surface area contributed by atoms with E-state index in [9.17, 15) is 5.11 Å². The van der Waals surface area contributed by atoms with Crippen LogP contribution in [0.4, 0.5) is 0 Å². The first-order valence-corrected chi connectivity index (χ1v) is 10.2. The summed E-state index contributed by atoms with van der Waals surface area (Å²) in [7, 11) is -0.429. The van der Waals surface area contributed by atoms with Crippen LogP contribution in [0.5, 0.6) is 5.75 Å². The van der Waals surface area contributed by atoms with Gasteiger partial charge in [0.1, 0.15) is 5.75 Å². The first-order chi connectivity index (χ1) is 12.2. The van der Waals surface area contributed by atoms with E-state index in [2.05, 4.69) is 46.8 Å². The van der Waals surface area contributed by atoms with Gasteiger partial charge in [-0.2, -0.15) is 0 Å². The van der Waals surface area contributed by atoms with E-state index in [1.165, 1.54) is 18.4 Å². The largest absolute Gasteiger partial charge is 0.508 e. The third kappa shape index (κ3) is 3.72. The Morgan fingerprint density at radius 1 is 1.08 bits per heavy atom. The second-order valence-electron chi connectivity index (χ2n) is 8.73. The van der Waals surface area contributed by atoms with E-state index < -0.39 is 7.12 Å². The minimum absolute atomic E-state index is 0.380. The van der Waals surface area contributed by atoms with Crippen molar-refractivity contribution in [3.63, 3.8) is 0 Å². The Balaban J connectivity index is 2.03. The molecule has 1 heterocycles. The van der Waals surface area contributed by atoms with Crippen molar-refractivity contribution in [2.75, 3.05) is 0 Å². The van der Waals surface area contributed by atoms with Crippen LogP contribution in [0.25, 0.3) is 5.57 Å². The van der Waals surface area contributed by atoms with Crippen molar-refractivity contribution < 1.29 is 14.4 Å². The van der Waals surface area contributed by atoms with Gasteiger partial charge in [-0.15, -0.1) is 0 Å². The number of phenols is 1. The van der Waals surface area contributed by atoms with Gasteiger partial charge in [0.2, 0.25) is 0 Å². The predicted molar refractivity (Wildman–Crippen MR) is 109 cm³/mol. The van der Waals surface area contributed by atoms with Crippen molar-refractivity contribution in [3.05, 3.63) is 29.3 Å². The van der Waals surface area contributed by atoms with Crippen LogP contribution < -0.4 is 5.46 Å². The summed E-state index contributed by atoms with van der Waals surface area (Å²) in [6, 6.07) is 4.14. The highest BCUT2D eigenvalue weighted by molar-refractivity contribution is 6.62. The van der Waals surface area contributed by atoms with Crippen molar-refractivity contribution in [1.29, 1.82) is 0 Å². The molecule has 0 amide bonds. The number of hydrogen-bond acceptors (Lipinski definition) is 3. The third-order valence-electron chi connectivity index (χ3n) is 6.21. The van der Waals surface area contributed by atoms with E-state index in [-0.39, 0.29) is 11.2 Å². The second-order valence-corrected chi connectivity index (χ2v) is 8.73. The molecule has 1 aromatic rings. The number of benzene rings is 1. The summed E-state index contributed by atoms with van der Waals surface area (Å²) in [6.07, 6.45) is 9.98. The summed E-state index contributed by atoms with van der Waals surface area (Å²) in [6.45, 7) is 10.5. The lowest BCUT2D eigenvalue weighted by molar-refractivity contribution is 0.00578. The normalized spacial score (nSPS) is 21.7. The van der Waals surface area contributed by atoms with Gasteiger partial charge in [-0.1, -0.05) is 25.5 Å². The molecule has 0 saturated carbocycles. The molecule has 3 nitrogen and oxygen atoms in total. The highest BCUT2D eigenvalue weighted by Crippen LogP contribution is 2.38. The van der Waals surface area contributed by atoms with E-state index in [4.69, 9.17) is 9.31 Å². The van der Waals surface area contributed by atoms with Crippen LogP contribution >= 0.6 is 0 Å². The smallest absolute Gasteiger partial charge is 0.495 e. The van der Waals surface area contributed by atoms with Crippen molar-refractivity contribution in [2.24, 2.45) is 0 Å². The molecule has 0 radical (unpaired) electrons. The summed E-state index contributed by atoms with van der Waals surface area (Å²) in [5, 5.41) is 10.8. The first-order valence-electron chi connectivity index (χ1n) is 10.2. The molecule has 0 atom stereocenters. The van der Waals surface area contributed by atoms with Crippen LogP contribution in [-0.4, -0.2) is 23.4 Å². The van der Waals surface area contributed by atoms with Crippen LogP contribution in [0.2, 0.25) is 0 Å². The number of phenolic OH excluding ortho intramolecular Hbond substituents is 1. The van der Waals surface area contributed by atoms with Crippen molar-refractivity contribution in [1.82, 2.24) is 0 Å². The summed E-state index contributed by atoms with van der Waals surface area (Å²) in [5.74, 6) is 0.382. The Morgan fingerprint density at radius 2 is 1.77 bits per heavy atom. The van der Waals surface area contributed by atoms with Gasteiger partial charge in [0.25, 0.3) is 0 Å². The average Bonchev–Trinajstić information content (AvgIpc) is 2.81. The average molecular weight is 356 g/mol. The highest BCUT2D eigenvalue weighted by atomic mass is 16.7. The molecule has 1 fully saturated rings. The molecular formula is C22H33BO3. The number of rotatable bonds is 5. The number of hydrogen-bond donors (Lipinski definition) is 1. The third-order valence-corrected chi connectivity index (χ3v) is 6.21. The van der Waals surface area contributed by atoms with E-state index in [0.717, 1.165) is 48.7 Å². The lowest BCUT2D eigenvalue weighted by Crippen LogP contribution is -2.41. The topological polar surface area (TPSA) is 38.7 Å². The molecule has 26 heavy (non-hydrogen) atoms. The van der Waals surface area contributed by atoms with E-state index in [1.54, 1.807) is 0 Å². The Kier molecular flexibility index (Phi) is 5.55. The highest BCUT2D eigenvalue weighted by Gasteiger charge is 2.52. The first kappa shape index (κ1) is 19.5. The Morgan fingerprint density at radius 3 is 2.35 bits per heavy atom. The van der Waals surface area contributed by atoms with Crippen LogP contribution in [0.3, 0.4) is 0 Å². The molecule has 2 aliphatic rings. The molecule has 1 aliphatic heterocycles. The fourth-order valence-electron chi connectivity index (χ4n) is 3.77. The van der Waals surface area contributed by atoms with Crippen LogP contribution in [-0.2, 0) is 15.7 Å². The molecule has 0 unspecified atom stereocenters. The quantitative estimate of drug-likeness (QED) is 0.756. The van der Waals surface area contributed by atoms with Gasteiger partial charge in [0.05, 0.1) is 11.2 Å². The summed E-state index contributed by atoms with van der Waals surface area (Å²) in [4.78, 5) is 0. The summed E-state index contributed by atoms with van der Waals surface area (Å²) in [5.41, 5.74) is 3.67. The molecule has 1 aromatic carbocycles. The lowest BCUT2D eigenvalue weighted by Gasteiger charge is -2.32. The minimum atomic E-state index is -0.429. The standard InChI is InChI=1S/C22H33BO3/c1-6-7-13-18-19(23-25-21(2,3)22(4,5)26-23)14-17(15-20(18)24)16-11-9-8-10-12-16/h11,14-15,24H,6-10,12-13H2,1-5H3. The molecule has 0 aromatic heterocycles. The molecule has 1 N–H and O–H groups in total. The zero-order valence-corrected chi connectivity index (χ0v) is 17.0. The van der Waals surface area contributed by atoms with E-state index in [0.29, 0.717) is 5.75 Å². The molecule has 0 spiro atoms. The van der Waals surface area contributed by atoms with E-state index in [1.807, 2.05) is 6.07 Å². The number of aromatic hydroxyl groups is 1. The van der Waals surface area contributed by atoms with Crippen LogP contribution in [0.1, 0.15) is 84.3 Å². The molecule has 142 valence electrons. The van der Waals surface area contributed by atoms with Gasteiger partial charge < -0.3 is 14.4 Å². The summed E-state index contributed by atoms with van der Waals surface area (Å²) >= 11 is 0. The maximum atomic E-state index is 10.8. The second kappa shape index (κ2) is 7.40. The number of allylic oxidation sites excluding steroid dienone is 2. The Hall–Kier alpha value is -1.26.